The predicted octanol–water partition coefficient (Wildman–Crippen LogP) is 4.48. The second-order valence-electron chi connectivity index (χ2n) is 6.77. The average molecular weight is 346 g/mol. The van der Waals surface area contributed by atoms with E-state index in [0.717, 1.165) is 30.5 Å². The highest BCUT2D eigenvalue weighted by atomic mass is 19.1. The minimum atomic E-state index is -0.511. The van der Waals surface area contributed by atoms with Crippen LogP contribution >= 0.6 is 0 Å². The van der Waals surface area contributed by atoms with Gasteiger partial charge < -0.3 is 5.32 Å². The third-order valence-corrected chi connectivity index (χ3v) is 4.95. The molecule has 0 unspecified atom stereocenters. The molecule has 3 nitrogen and oxygen atoms in total. The quantitative estimate of drug-likeness (QED) is 0.740. The van der Waals surface area contributed by atoms with Crippen LogP contribution in [0.25, 0.3) is 0 Å². The molecule has 2 aromatic carbocycles. The first kappa shape index (κ1) is 16.5. The highest BCUT2D eigenvalue weighted by Gasteiger charge is 2.51. The molecule has 130 valence electrons. The van der Waals surface area contributed by atoms with E-state index >= 15 is 0 Å². The van der Waals surface area contributed by atoms with Crippen molar-refractivity contribution in [2.75, 3.05) is 5.32 Å². The van der Waals surface area contributed by atoms with Gasteiger partial charge in [-0.3, -0.25) is 9.78 Å². The van der Waals surface area contributed by atoms with Gasteiger partial charge in [-0.2, -0.15) is 0 Å². The maximum atomic E-state index is 13.1. The molecule has 0 aliphatic heterocycles. The van der Waals surface area contributed by atoms with Gasteiger partial charge in [-0.25, -0.2) is 4.39 Å². The smallest absolute Gasteiger partial charge is 0.235 e. The topological polar surface area (TPSA) is 42.0 Å². The van der Waals surface area contributed by atoms with Crippen LogP contribution in [0.15, 0.2) is 73.1 Å². The van der Waals surface area contributed by atoms with Crippen LogP contribution in [0.2, 0.25) is 0 Å². The minimum absolute atomic E-state index is 0.0222. The molecule has 0 radical (unpaired) electrons. The van der Waals surface area contributed by atoms with Gasteiger partial charge in [0.05, 0.1) is 5.41 Å². The molecule has 3 aromatic rings. The Balaban J connectivity index is 1.44. The van der Waals surface area contributed by atoms with Crippen LogP contribution in [0.5, 0.6) is 0 Å². The molecule has 1 aromatic heterocycles. The van der Waals surface area contributed by atoms with Crippen molar-refractivity contribution in [3.8, 4) is 0 Å². The zero-order valence-electron chi connectivity index (χ0n) is 14.3. The molecule has 1 amide bonds. The van der Waals surface area contributed by atoms with Crippen molar-refractivity contribution in [1.82, 2.24) is 4.98 Å². The molecule has 4 heteroatoms. The summed E-state index contributed by atoms with van der Waals surface area (Å²) in [5, 5.41) is 3.01. The Morgan fingerprint density at radius 2 is 1.54 bits per heavy atom. The Hall–Kier alpha value is -3.01. The summed E-state index contributed by atoms with van der Waals surface area (Å²) in [6, 6.07) is 18.1. The van der Waals surface area contributed by atoms with Crippen LogP contribution < -0.4 is 5.32 Å². The largest absolute Gasteiger partial charge is 0.325 e. The highest BCUT2D eigenvalue weighted by Crippen LogP contribution is 2.49. The number of nitrogens with one attached hydrogen (secondary N) is 1. The number of carbonyl (C=O) groups is 1. The SMILES string of the molecule is O=C(Nc1ccc(Cc2ccncc2)cc1)C1(c2ccc(F)cc2)CC1. The zero-order chi connectivity index (χ0) is 18.0. The second-order valence-corrected chi connectivity index (χ2v) is 6.77. The summed E-state index contributed by atoms with van der Waals surface area (Å²) >= 11 is 0. The Morgan fingerprint density at radius 3 is 2.15 bits per heavy atom. The normalized spacial score (nSPS) is 14.7. The summed E-state index contributed by atoms with van der Waals surface area (Å²) in [6.07, 6.45) is 5.99. The molecule has 1 fully saturated rings. The second kappa shape index (κ2) is 6.71. The van der Waals surface area contributed by atoms with Crippen molar-refractivity contribution in [1.29, 1.82) is 0 Å². The Morgan fingerprint density at radius 1 is 0.923 bits per heavy atom. The Labute approximate surface area is 151 Å². The lowest BCUT2D eigenvalue weighted by Gasteiger charge is -2.16. The number of nitrogens with zero attached hydrogens (tertiary/aromatic N) is 1. The van der Waals surface area contributed by atoms with Crippen LogP contribution in [0.1, 0.15) is 29.5 Å². The van der Waals surface area contributed by atoms with Crippen LogP contribution in [0.3, 0.4) is 0 Å². The average Bonchev–Trinajstić information content (AvgIpc) is 3.47. The molecule has 0 atom stereocenters. The van der Waals surface area contributed by atoms with Crippen molar-refractivity contribution in [2.45, 2.75) is 24.7 Å². The van der Waals surface area contributed by atoms with E-state index in [1.54, 1.807) is 24.5 Å². The van der Waals surface area contributed by atoms with Gasteiger partial charge in [-0.15, -0.1) is 0 Å². The fourth-order valence-corrected chi connectivity index (χ4v) is 3.23. The number of pyridine rings is 1. The van der Waals surface area contributed by atoms with E-state index in [4.69, 9.17) is 0 Å². The predicted molar refractivity (Wildman–Crippen MR) is 99.4 cm³/mol. The first-order valence-electron chi connectivity index (χ1n) is 8.71. The van der Waals surface area contributed by atoms with Gasteiger partial charge in [0, 0.05) is 18.1 Å². The molecule has 1 heterocycles. The van der Waals surface area contributed by atoms with Crippen LogP contribution in [-0.4, -0.2) is 10.9 Å². The number of aromatic nitrogens is 1. The molecule has 4 rings (SSSR count). The lowest BCUT2D eigenvalue weighted by atomic mass is 9.95. The Bertz CT molecular complexity index is 901. The molecule has 0 spiro atoms. The highest BCUT2D eigenvalue weighted by molar-refractivity contribution is 6.01. The summed E-state index contributed by atoms with van der Waals surface area (Å²) in [6.45, 7) is 0. The Kier molecular flexibility index (Phi) is 4.25. The number of rotatable bonds is 5. The summed E-state index contributed by atoms with van der Waals surface area (Å²) in [4.78, 5) is 16.8. The fraction of sp³-hybridized carbons (Fsp3) is 0.182. The third-order valence-electron chi connectivity index (χ3n) is 4.95. The maximum Gasteiger partial charge on any atom is 0.235 e. The van der Waals surface area contributed by atoms with Crippen molar-refractivity contribution in [3.05, 3.63) is 95.6 Å². The lowest BCUT2D eigenvalue weighted by Crippen LogP contribution is -2.27. The summed E-state index contributed by atoms with van der Waals surface area (Å²) < 4.78 is 13.1. The molecular formula is C22H19FN2O. The van der Waals surface area contributed by atoms with Gasteiger partial charge in [-0.05, 0) is 72.4 Å². The van der Waals surface area contributed by atoms with Gasteiger partial charge in [0.15, 0.2) is 0 Å². The van der Waals surface area contributed by atoms with Gasteiger partial charge in [0.25, 0.3) is 0 Å². The van der Waals surface area contributed by atoms with Gasteiger partial charge in [0.2, 0.25) is 5.91 Å². The molecular weight excluding hydrogens is 327 g/mol. The number of benzene rings is 2. The number of amides is 1. The van der Waals surface area contributed by atoms with E-state index in [1.165, 1.54) is 23.3 Å². The zero-order valence-corrected chi connectivity index (χ0v) is 14.3. The van der Waals surface area contributed by atoms with E-state index in [0.29, 0.717) is 0 Å². The summed E-state index contributed by atoms with van der Waals surface area (Å²) in [7, 11) is 0. The summed E-state index contributed by atoms with van der Waals surface area (Å²) in [5.74, 6) is -0.305. The minimum Gasteiger partial charge on any atom is -0.325 e. The van der Waals surface area contributed by atoms with E-state index in [9.17, 15) is 9.18 Å². The van der Waals surface area contributed by atoms with Crippen LogP contribution in [0, 0.1) is 5.82 Å². The van der Waals surface area contributed by atoms with Gasteiger partial charge in [-0.1, -0.05) is 24.3 Å². The number of carbonyl (C=O) groups excluding carboxylic acids is 1. The van der Waals surface area contributed by atoms with Crippen LogP contribution in [-0.2, 0) is 16.6 Å². The van der Waals surface area contributed by atoms with Gasteiger partial charge in [0.1, 0.15) is 5.82 Å². The van der Waals surface area contributed by atoms with Crippen molar-refractivity contribution >= 4 is 11.6 Å². The first-order valence-corrected chi connectivity index (χ1v) is 8.71. The first-order chi connectivity index (χ1) is 12.7. The van der Waals surface area contributed by atoms with E-state index in [2.05, 4.69) is 10.3 Å². The van der Waals surface area contributed by atoms with Crippen molar-refractivity contribution < 1.29 is 9.18 Å². The molecule has 1 aliphatic rings. The molecule has 0 bridgehead atoms. The van der Waals surface area contributed by atoms with E-state index in [-0.39, 0.29) is 11.7 Å². The van der Waals surface area contributed by atoms with E-state index < -0.39 is 5.41 Å². The number of anilines is 1. The van der Waals surface area contributed by atoms with E-state index in [1.807, 2.05) is 36.4 Å². The van der Waals surface area contributed by atoms with Crippen LogP contribution in [0.4, 0.5) is 10.1 Å². The van der Waals surface area contributed by atoms with Crippen molar-refractivity contribution in [2.24, 2.45) is 0 Å². The van der Waals surface area contributed by atoms with Crippen molar-refractivity contribution in [3.63, 3.8) is 0 Å². The molecule has 1 aliphatic carbocycles. The number of hydrogen-bond acceptors (Lipinski definition) is 2. The molecule has 1 N–H and O–H groups in total. The lowest BCUT2D eigenvalue weighted by molar-refractivity contribution is -0.118. The monoisotopic (exact) mass is 346 g/mol. The molecule has 26 heavy (non-hydrogen) atoms. The standard InChI is InChI=1S/C22H19FN2O/c23-19-5-3-18(4-6-19)22(11-12-22)21(26)25-20-7-1-16(2-8-20)15-17-9-13-24-14-10-17/h1-10,13-14H,11-12,15H2,(H,25,26). The maximum absolute atomic E-state index is 13.1. The molecule has 1 saturated carbocycles. The third kappa shape index (κ3) is 3.36. The fourth-order valence-electron chi connectivity index (χ4n) is 3.23. The number of hydrogen-bond donors (Lipinski definition) is 1. The van der Waals surface area contributed by atoms with Gasteiger partial charge >= 0.3 is 0 Å². The molecule has 0 saturated heterocycles. The number of halogens is 1. The summed E-state index contributed by atoms with van der Waals surface area (Å²) in [5.41, 5.74) is 3.52.